The van der Waals surface area contributed by atoms with Crippen molar-refractivity contribution in [2.24, 2.45) is 4.99 Å². The maximum absolute atomic E-state index is 12.9. The Balaban J connectivity index is 0.00000450. The Morgan fingerprint density at radius 3 is 2.53 bits per heavy atom. The van der Waals surface area contributed by atoms with Crippen molar-refractivity contribution in [3.05, 3.63) is 29.8 Å². The van der Waals surface area contributed by atoms with E-state index in [-0.39, 0.29) is 49.5 Å². The van der Waals surface area contributed by atoms with Gasteiger partial charge in [-0.25, -0.2) is 4.99 Å². The number of anilines is 1. The van der Waals surface area contributed by atoms with Gasteiger partial charge in [0.05, 0.1) is 0 Å². The molecule has 1 aromatic carbocycles. The van der Waals surface area contributed by atoms with Gasteiger partial charge in [0.25, 0.3) is 0 Å². The molecule has 6 nitrogen and oxygen atoms in total. The van der Waals surface area contributed by atoms with Gasteiger partial charge >= 0.3 is 6.18 Å². The van der Waals surface area contributed by atoms with Crippen LogP contribution in [0.5, 0.6) is 0 Å². The molecular weight excluding hydrogens is 510 g/mol. The molecule has 1 aromatic rings. The smallest absolute Gasteiger partial charge is 0.357 e. The number of piperazine rings is 1. The summed E-state index contributed by atoms with van der Waals surface area (Å²) in [5.41, 5.74) is 1.24. The highest BCUT2D eigenvalue weighted by Crippen LogP contribution is 2.25. The first kappa shape index (κ1) is 26.0. The van der Waals surface area contributed by atoms with Crippen LogP contribution >= 0.6 is 24.0 Å². The molecular formula is C20H27F3IN5O. The van der Waals surface area contributed by atoms with E-state index in [1.807, 2.05) is 11.8 Å². The van der Waals surface area contributed by atoms with Gasteiger partial charge in [0.1, 0.15) is 12.6 Å². The minimum atomic E-state index is -4.24. The summed E-state index contributed by atoms with van der Waals surface area (Å²) in [5.74, 6) is 2.71. The molecule has 1 amide bonds. The topological polar surface area (TPSA) is 60.0 Å². The van der Waals surface area contributed by atoms with Crippen LogP contribution in [0, 0.1) is 12.3 Å². The van der Waals surface area contributed by atoms with E-state index < -0.39 is 12.2 Å². The van der Waals surface area contributed by atoms with Gasteiger partial charge in [-0.1, -0.05) is 12.0 Å². The molecule has 1 heterocycles. The number of terminal acetylenes is 1. The van der Waals surface area contributed by atoms with E-state index in [1.165, 1.54) is 11.8 Å². The first-order valence-electron chi connectivity index (χ1n) is 9.45. The molecule has 1 atom stereocenters. The molecule has 1 fully saturated rings. The SMILES string of the molecule is C#Cc1cccc(NC(=O)CN=C(NCC)N2CCN(C(C)C(F)(F)F)CC2)c1.I. The van der Waals surface area contributed by atoms with Gasteiger partial charge in [-0.15, -0.1) is 30.4 Å². The second-order valence-electron chi connectivity index (χ2n) is 6.68. The zero-order valence-electron chi connectivity index (χ0n) is 17.0. The number of hydrogen-bond acceptors (Lipinski definition) is 3. The highest BCUT2D eigenvalue weighted by atomic mass is 127. The Labute approximate surface area is 192 Å². The molecule has 10 heteroatoms. The molecule has 2 rings (SSSR count). The van der Waals surface area contributed by atoms with Crippen LogP contribution in [0.25, 0.3) is 0 Å². The number of amides is 1. The van der Waals surface area contributed by atoms with Crippen LogP contribution in [-0.4, -0.2) is 73.2 Å². The second-order valence-corrected chi connectivity index (χ2v) is 6.68. The van der Waals surface area contributed by atoms with Gasteiger partial charge in [0, 0.05) is 44.0 Å². The van der Waals surface area contributed by atoms with Crippen molar-refractivity contribution in [1.29, 1.82) is 0 Å². The Kier molecular flexibility index (Phi) is 10.4. The molecule has 0 spiro atoms. The fourth-order valence-electron chi connectivity index (χ4n) is 2.99. The van der Waals surface area contributed by atoms with Crippen molar-refractivity contribution < 1.29 is 18.0 Å². The number of nitrogens with zero attached hydrogens (tertiary/aromatic N) is 3. The third kappa shape index (κ3) is 7.68. The zero-order valence-corrected chi connectivity index (χ0v) is 19.3. The number of carbonyl (C=O) groups excluding carboxylic acids is 1. The van der Waals surface area contributed by atoms with Gasteiger partial charge < -0.3 is 15.5 Å². The molecule has 1 aliphatic rings. The second kappa shape index (κ2) is 12.0. The highest BCUT2D eigenvalue weighted by molar-refractivity contribution is 14.0. The van der Waals surface area contributed by atoms with Gasteiger partial charge in [-0.2, -0.15) is 13.2 Å². The van der Waals surface area contributed by atoms with Crippen LogP contribution in [0.4, 0.5) is 18.9 Å². The third-order valence-electron chi connectivity index (χ3n) is 4.66. The Bertz CT molecular complexity index is 770. The average Bonchev–Trinajstić information content (AvgIpc) is 2.70. The minimum absolute atomic E-state index is 0. The number of rotatable bonds is 5. The van der Waals surface area contributed by atoms with Crippen molar-refractivity contribution in [1.82, 2.24) is 15.1 Å². The van der Waals surface area contributed by atoms with Gasteiger partial charge in [0.15, 0.2) is 5.96 Å². The van der Waals surface area contributed by atoms with Crippen LogP contribution in [-0.2, 0) is 4.79 Å². The van der Waals surface area contributed by atoms with Crippen LogP contribution in [0.2, 0.25) is 0 Å². The van der Waals surface area contributed by atoms with Gasteiger partial charge in [-0.3, -0.25) is 9.69 Å². The minimum Gasteiger partial charge on any atom is -0.357 e. The highest BCUT2D eigenvalue weighted by Gasteiger charge is 2.41. The summed E-state index contributed by atoms with van der Waals surface area (Å²) in [4.78, 5) is 19.8. The number of alkyl halides is 3. The molecule has 0 aliphatic carbocycles. The van der Waals surface area contributed by atoms with Gasteiger partial charge in [0.2, 0.25) is 5.91 Å². The third-order valence-corrected chi connectivity index (χ3v) is 4.66. The van der Waals surface area contributed by atoms with Gasteiger partial charge in [-0.05, 0) is 32.0 Å². The Morgan fingerprint density at radius 2 is 1.97 bits per heavy atom. The average molecular weight is 537 g/mol. The summed E-state index contributed by atoms with van der Waals surface area (Å²) in [6, 6.07) is 5.45. The molecule has 1 saturated heterocycles. The van der Waals surface area contributed by atoms with E-state index in [2.05, 4.69) is 21.5 Å². The normalized spacial score (nSPS) is 16.3. The molecule has 0 bridgehead atoms. The number of benzene rings is 1. The van der Waals surface area contributed by atoms with E-state index in [0.29, 0.717) is 36.8 Å². The number of guanidine groups is 1. The first-order valence-corrected chi connectivity index (χ1v) is 9.45. The molecule has 1 aliphatic heterocycles. The number of aliphatic imine (C=N–C) groups is 1. The lowest BCUT2D eigenvalue weighted by Gasteiger charge is -2.39. The fourth-order valence-corrected chi connectivity index (χ4v) is 2.99. The Hall–Kier alpha value is -2.00. The number of nitrogens with one attached hydrogen (secondary N) is 2. The molecule has 2 N–H and O–H groups in total. The maximum atomic E-state index is 12.9. The molecule has 30 heavy (non-hydrogen) atoms. The molecule has 0 aromatic heterocycles. The summed E-state index contributed by atoms with van der Waals surface area (Å²) in [6.07, 6.45) is 1.11. The monoisotopic (exact) mass is 537 g/mol. The van der Waals surface area contributed by atoms with Crippen LogP contribution in [0.3, 0.4) is 0 Å². The zero-order chi connectivity index (χ0) is 21.4. The summed E-state index contributed by atoms with van der Waals surface area (Å²) in [6.45, 7) is 4.89. The Morgan fingerprint density at radius 1 is 1.30 bits per heavy atom. The van der Waals surface area contributed by atoms with E-state index in [9.17, 15) is 18.0 Å². The lowest BCUT2D eigenvalue weighted by Crippen LogP contribution is -2.56. The lowest BCUT2D eigenvalue weighted by atomic mass is 10.2. The van der Waals surface area contributed by atoms with Crippen molar-refractivity contribution in [3.63, 3.8) is 0 Å². The summed E-state index contributed by atoms with van der Waals surface area (Å²) in [5, 5.41) is 5.83. The van der Waals surface area contributed by atoms with Crippen LogP contribution < -0.4 is 10.6 Å². The number of halogens is 4. The number of carbonyl (C=O) groups is 1. The molecule has 1 unspecified atom stereocenters. The first-order chi connectivity index (χ1) is 13.7. The predicted molar refractivity (Wildman–Crippen MR) is 123 cm³/mol. The molecule has 0 radical (unpaired) electrons. The predicted octanol–water partition coefficient (Wildman–Crippen LogP) is 2.76. The van der Waals surface area contributed by atoms with Crippen molar-refractivity contribution in [3.8, 4) is 12.3 Å². The van der Waals surface area contributed by atoms with Crippen LogP contribution in [0.15, 0.2) is 29.3 Å². The van der Waals surface area contributed by atoms with Crippen molar-refractivity contribution >= 4 is 41.5 Å². The maximum Gasteiger partial charge on any atom is 0.403 e. The summed E-state index contributed by atoms with van der Waals surface area (Å²) < 4.78 is 38.7. The van der Waals surface area contributed by atoms with E-state index in [0.717, 1.165) is 0 Å². The van der Waals surface area contributed by atoms with E-state index >= 15 is 0 Å². The fraction of sp³-hybridized carbons (Fsp3) is 0.500. The number of hydrogen-bond donors (Lipinski definition) is 2. The summed E-state index contributed by atoms with van der Waals surface area (Å²) in [7, 11) is 0. The largest absolute Gasteiger partial charge is 0.403 e. The van der Waals surface area contributed by atoms with Crippen molar-refractivity contribution in [2.75, 3.05) is 44.6 Å². The van der Waals surface area contributed by atoms with E-state index in [1.54, 1.807) is 24.3 Å². The molecule has 166 valence electrons. The van der Waals surface area contributed by atoms with Crippen molar-refractivity contribution in [2.45, 2.75) is 26.1 Å². The quantitative estimate of drug-likeness (QED) is 0.263. The lowest BCUT2D eigenvalue weighted by molar-refractivity contribution is -0.181. The van der Waals surface area contributed by atoms with E-state index in [4.69, 9.17) is 6.42 Å². The summed E-state index contributed by atoms with van der Waals surface area (Å²) >= 11 is 0. The standard InChI is InChI=1S/C20H26F3N5O.HI/c1-4-16-7-6-8-17(13-16)26-18(29)14-25-19(24-5-2)28-11-9-27(10-12-28)15(3)20(21,22)23;/h1,6-8,13,15H,5,9-12,14H2,2-3H3,(H,24,25)(H,26,29);1H. The van der Waals surface area contributed by atoms with Crippen LogP contribution in [0.1, 0.15) is 19.4 Å². The molecule has 0 saturated carbocycles.